The smallest absolute Gasteiger partial charge is 0.251 e. The molecule has 0 aliphatic carbocycles. The summed E-state index contributed by atoms with van der Waals surface area (Å²) in [6.45, 7) is 0.0816. The zero-order valence-corrected chi connectivity index (χ0v) is 20.9. The minimum Gasteiger partial charge on any atom is -0.497 e. The largest absolute Gasteiger partial charge is 0.497 e. The standard InChI is InChI=1S/C26H24FN5O4S/c1-35-20-13-7-17(8-14-20)25(34)28-15-23-30-31-26(32(23)21-5-3-4-6-22(21)36-2)37-16-24(33)29-19-11-9-18(27)10-12-19/h3-14H,15-16H2,1-2H3,(H,28,34)(H,29,33). The number of nitrogens with zero attached hydrogens (tertiary/aromatic N) is 3. The fourth-order valence-corrected chi connectivity index (χ4v) is 4.19. The van der Waals surface area contributed by atoms with E-state index in [-0.39, 0.29) is 29.9 Å². The first-order chi connectivity index (χ1) is 18.0. The molecule has 0 saturated carbocycles. The predicted octanol–water partition coefficient (Wildman–Crippen LogP) is 4.08. The number of hydrogen-bond acceptors (Lipinski definition) is 7. The van der Waals surface area contributed by atoms with Gasteiger partial charge in [-0.2, -0.15) is 0 Å². The van der Waals surface area contributed by atoms with Gasteiger partial charge >= 0.3 is 0 Å². The number of thioether (sulfide) groups is 1. The summed E-state index contributed by atoms with van der Waals surface area (Å²) in [7, 11) is 3.11. The van der Waals surface area contributed by atoms with Crippen LogP contribution in [-0.4, -0.2) is 46.6 Å². The lowest BCUT2D eigenvalue weighted by Gasteiger charge is -2.14. The number of carbonyl (C=O) groups excluding carboxylic acids is 2. The Balaban J connectivity index is 1.52. The second-order valence-corrected chi connectivity index (χ2v) is 8.60. The first-order valence-corrected chi connectivity index (χ1v) is 12.1. The molecule has 0 atom stereocenters. The first kappa shape index (κ1) is 25.7. The van der Waals surface area contributed by atoms with Gasteiger partial charge in [-0.3, -0.25) is 14.2 Å². The van der Waals surface area contributed by atoms with Crippen LogP contribution in [0.1, 0.15) is 16.2 Å². The molecule has 1 heterocycles. The highest BCUT2D eigenvalue weighted by molar-refractivity contribution is 7.99. The van der Waals surface area contributed by atoms with Gasteiger partial charge in [-0.15, -0.1) is 10.2 Å². The highest BCUT2D eigenvalue weighted by Crippen LogP contribution is 2.29. The lowest BCUT2D eigenvalue weighted by atomic mass is 10.2. The molecule has 0 saturated heterocycles. The van der Waals surface area contributed by atoms with Crippen LogP contribution in [0.25, 0.3) is 5.69 Å². The lowest BCUT2D eigenvalue weighted by molar-refractivity contribution is -0.113. The quantitative estimate of drug-likeness (QED) is 0.303. The minimum atomic E-state index is -0.385. The highest BCUT2D eigenvalue weighted by Gasteiger charge is 2.19. The lowest BCUT2D eigenvalue weighted by Crippen LogP contribution is -2.24. The molecule has 0 radical (unpaired) electrons. The molecular formula is C26H24FN5O4S. The van der Waals surface area contributed by atoms with E-state index >= 15 is 0 Å². The van der Waals surface area contributed by atoms with E-state index in [1.807, 2.05) is 18.2 Å². The van der Waals surface area contributed by atoms with Gasteiger partial charge in [0, 0.05) is 11.3 Å². The highest BCUT2D eigenvalue weighted by atomic mass is 32.2. The van der Waals surface area contributed by atoms with Gasteiger partial charge in [0.25, 0.3) is 5.91 Å². The number of benzene rings is 3. The molecule has 0 spiro atoms. The van der Waals surface area contributed by atoms with Gasteiger partial charge in [-0.05, 0) is 60.7 Å². The Hall–Kier alpha value is -4.38. The maximum absolute atomic E-state index is 13.1. The van der Waals surface area contributed by atoms with E-state index in [0.717, 1.165) is 0 Å². The van der Waals surface area contributed by atoms with Crippen molar-refractivity contribution < 1.29 is 23.5 Å². The molecule has 9 nitrogen and oxygen atoms in total. The van der Waals surface area contributed by atoms with Crippen LogP contribution in [-0.2, 0) is 11.3 Å². The van der Waals surface area contributed by atoms with Gasteiger partial charge in [-0.25, -0.2) is 4.39 Å². The fourth-order valence-electron chi connectivity index (χ4n) is 3.43. The summed E-state index contributed by atoms with van der Waals surface area (Å²) in [5, 5.41) is 14.5. The number of nitrogens with one attached hydrogen (secondary N) is 2. The van der Waals surface area contributed by atoms with Crippen LogP contribution in [0.3, 0.4) is 0 Å². The third-order valence-electron chi connectivity index (χ3n) is 5.25. The molecule has 190 valence electrons. The van der Waals surface area contributed by atoms with Gasteiger partial charge in [-0.1, -0.05) is 23.9 Å². The molecule has 37 heavy (non-hydrogen) atoms. The van der Waals surface area contributed by atoms with E-state index in [2.05, 4.69) is 20.8 Å². The minimum absolute atomic E-state index is 0.0306. The zero-order valence-electron chi connectivity index (χ0n) is 20.1. The monoisotopic (exact) mass is 521 g/mol. The van der Waals surface area contributed by atoms with Crippen LogP contribution >= 0.6 is 11.8 Å². The van der Waals surface area contributed by atoms with Gasteiger partial charge in [0.2, 0.25) is 5.91 Å². The summed E-state index contributed by atoms with van der Waals surface area (Å²) in [6.07, 6.45) is 0. The van der Waals surface area contributed by atoms with Crippen molar-refractivity contribution in [2.24, 2.45) is 0 Å². The number of aromatic nitrogens is 3. The molecule has 11 heteroatoms. The molecule has 0 unspecified atom stereocenters. The molecular weight excluding hydrogens is 497 g/mol. The van der Waals surface area contributed by atoms with Gasteiger partial charge in [0.15, 0.2) is 11.0 Å². The van der Waals surface area contributed by atoms with E-state index in [1.165, 1.54) is 36.0 Å². The normalized spacial score (nSPS) is 10.6. The topological polar surface area (TPSA) is 107 Å². The molecule has 4 rings (SSSR count). The molecule has 1 aromatic heterocycles. The van der Waals surface area contributed by atoms with Crippen molar-refractivity contribution in [2.45, 2.75) is 11.7 Å². The second-order valence-electron chi connectivity index (χ2n) is 7.66. The molecule has 0 bridgehead atoms. The molecule has 0 aliphatic heterocycles. The summed E-state index contributed by atoms with van der Waals surface area (Å²) in [6, 6.07) is 19.6. The number of ether oxygens (including phenoxy) is 2. The zero-order chi connectivity index (χ0) is 26.2. The van der Waals surface area contributed by atoms with Crippen molar-refractivity contribution >= 4 is 29.3 Å². The Morgan fingerprint density at radius 3 is 2.38 bits per heavy atom. The molecule has 4 aromatic rings. The summed E-state index contributed by atoms with van der Waals surface area (Å²) in [5.74, 6) is 0.741. The van der Waals surface area contributed by atoms with Crippen molar-refractivity contribution in [3.63, 3.8) is 0 Å². The van der Waals surface area contributed by atoms with Crippen LogP contribution in [0, 0.1) is 5.82 Å². The van der Waals surface area contributed by atoms with E-state index in [4.69, 9.17) is 9.47 Å². The van der Waals surface area contributed by atoms with Gasteiger partial charge < -0.3 is 20.1 Å². The number of carbonyl (C=O) groups is 2. The number of hydrogen-bond donors (Lipinski definition) is 2. The molecule has 2 amide bonds. The van der Waals surface area contributed by atoms with E-state index < -0.39 is 0 Å². The predicted molar refractivity (Wildman–Crippen MR) is 138 cm³/mol. The van der Waals surface area contributed by atoms with Crippen molar-refractivity contribution in [3.05, 3.63) is 90.0 Å². The van der Waals surface area contributed by atoms with Crippen molar-refractivity contribution in [2.75, 3.05) is 25.3 Å². The van der Waals surface area contributed by atoms with Crippen LogP contribution in [0.2, 0.25) is 0 Å². The van der Waals surface area contributed by atoms with Gasteiger partial charge in [0.05, 0.1) is 32.2 Å². The number of halogens is 1. The average molecular weight is 522 g/mol. The average Bonchev–Trinajstić information content (AvgIpc) is 3.34. The van der Waals surface area contributed by atoms with Crippen LogP contribution < -0.4 is 20.1 Å². The number of rotatable bonds is 10. The number of amides is 2. The SMILES string of the molecule is COc1ccc(C(=O)NCc2nnc(SCC(=O)Nc3ccc(F)cc3)n2-c2ccccc2OC)cc1. The third kappa shape index (κ3) is 6.44. The molecule has 2 N–H and O–H groups in total. The Kier molecular flexibility index (Phi) is 8.37. The first-order valence-electron chi connectivity index (χ1n) is 11.2. The Morgan fingerprint density at radius 1 is 0.946 bits per heavy atom. The summed E-state index contributed by atoms with van der Waals surface area (Å²) in [5.41, 5.74) is 1.61. The van der Waals surface area contributed by atoms with E-state index in [9.17, 15) is 14.0 Å². The molecule has 0 fully saturated rings. The van der Waals surface area contributed by atoms with Crippen LogP contribution in [0.15, 0.2) is 78.0 Å². The van der Waals surface area contributed by atoms with Crippen LogP contribution in [0.4, 0.5) is 10.1 Å². The third-order valence-corrected chi connectivity index (χ3v) is 6.18. The molecule has 0 aliphatic rings. The van der Waals surface area contributed by atoms with E-state index in [1.54, 1.807) is 49.1 Å². The maximum atomic E-state index is 13.1. The Labute approximate surface area is 217 Å². The van der Waals surface area contributed by atoms with Gasteiger partial charge in [0.1, 0.15) is 17.3 Å². The van der Waals surface area contributed by atoms with E-state index in [0.29, 0.717) is 39.4 Å². The Bertz CT molecular complexity index is 1380. The maximum Gasteiger partial charge on any atom is 0.251 e. The summed E-state index contributed by atoms with van der Waals surface area (Å²) in [4.78, 5) is 25.2. The number of para-hydroxylation sites is 2. The summed E-state index contributed by atoms with van der Waals surface area (Å²) >= 11 is 1.17. The summed E-state index contributed by atoms with van der Waals surface area (Å²) < 4.78 is 25.5. The van der Waals surface area contributed by atoms with Crippen molar-refractivity contribution in [1.29, 1.82) is 0 Å². The number of anilines is 1. The Morgan fingerprint density at radius 2 is 1.68 bits per heavy atom. The number of methoxy groups -OCH3 is 2. The van der Waals surface area contributed by atoms with Crippen LogP contribution in [0.5, 0.6) is 11.5 Å². The second kappa shape index (κ2) is 12.0. The van der Waals surface area contributed by atoms with Crippen molar-refractivity contribution in [1.82, 2.24) is 20.1 Å². The molecule has 3 aromatic carbocycles. The fraction of sp³-hybridized carbons (Fsp3) is 0.154. The van der Waals surface area contributed by atoms with Crippen molar-refractivity contribution in [3.8, 4) is 17.2 Å².